The Balaban J connectivity index is 2.16. The Morgan fingerprint density at radius 2 is 1.78 bits per heavy atom. The maximum absolute atomic E-state index is 6.04. The number of halogens is 1. The van der Waals surface area contributed by atoms with Crippen LogP contribution in [0.3, 0.4) is 0 Å². The van der Waals surface area contributed by atoms with Gasteiger partial charge in [0.25, 0.3) is 0 Å². The summed E-state index contributed by atoms with van der Waals surface area (Å²) in [5.41, 5.74) is 13.3. The number of aryl methyl sites for hydroxylation is 3. The van der Waals surface area contributed by atoms with Crippen molar-refractivity contribution >= 4 is 22.5 Å². The van der Waals surface area contributed by atoms with Crippen LogP contribution in [-0.2, 0) is 6.42 Å². The van der Waals surface area contributed by atoms with Crippen LogP contribution in [0.2, 0.25) is 5.02 Å². The normalized spacial score (nSPS) is 11.3. The van der Waals surface area contributed by atoms with Gasteiger partial charge in [-0.1, -0.05) is 35.4 Å². The fourth-order valence-electron chi connectivity index (χ4n) is 3.28. The van der Waals surface area contributed by atoms with Gasteiger partial charge in [-0.25, -0.2) is 0 Å². The number of nitrogens with two attached hydrogens (primary N) is 1. The number of unbranched alkanes of at least 4 members (excludes halogenated alkanes) is 1. The fraction of sp³-hybridized carbons (Fsp3) is 0.300. The van der Waals surface area contributed by atoms with Gasteiger partial charge >= 0.3 is 0 Å². The molecular formula is C20H23ClN2. The molecule has 1 aromatic heterocycles. The van der Waals surface area contributed by atoms with Crippen molar-refractivity contribution in [2.24, 2.45) is 5.73 Å². The van der Waals surface area contributed by atoms with Crippen LogP contribution in [-0.4, -0.2) is 11.5 Å². The Kier molecular flexibility index (Phi) is 4.74. The standard InChI is InChI=1S/C20H23ClN2/c1-13-11-14(2)19-18(12-13)17(5-3-4-10-22)20(23-19)15-6-8-16(21)9-7-15/h6-9,11-12,23H,3-5,10,22H2,1-2H3. The molecule has 0 saturated carbocycles. The number of benzene rings is 2. The number of hydrogen-bond donors (Lipinski definition) is 2. The highest BCUT2D eigenvalue weighted by molar-refractivity contribution is 6.30. The lowest BCUT2D eigenvalue weighted by molar-refractivity contribution is 0.748. The second kappa shape index (κ2) is 6.77. The summed E-state index contributed by atoms with van der Waals surface area (Å²) in [5.74, 6) is 0. The first-order valence-electron chi connectivity index (χ1n) is 8.18. The first-order chi connectivity index (χ1) is 11.1. The monoisotopic (exact) mass is 326 g/mol. The highest BCUT2D eigenvalue weighted by atomic mass is 35.5. The van der Waals surface area contributed by atoms with Gasteiger partial charge in [-0.15, -0.1) is 0 Å². The Morgan fingerprint density at radius 1 is 1.04 bits per heavy atom. The Morgan fingerprint density at radius 3 is 2.48 bits per heavy atom. The summed E-state index contributed by atoms with van der Waals surface area (Å²) in [5, 5.41) is 2.10. The number of H-pyrrole nitrogens is 1. The van der Waals surface area contributed by atoms with E-state index in [0.717, 1.165) is 30.8 Å². The van der Waals surface area contributed by atoms with E-state index in [1.807, 2.05) is 12.1 Å². The minimum atomic E-state index is 0.747. The maximum atomic E-state index is 6.04. The summed E-state index contributed by atoms with van der Waals surface area (Å²) in [7, 11) is 0. The molecule has 0 unspecified atom stereocenters. The zero-order valence-electron chi connectivity index (χ0n) is 13.7. The van der Waals surface area contributed by atoms with Crippen molar-refractivity contribution in [1.29, 1.82) is 0 Å². The van der Waals surface area contributed by atoms with Crippen LogP contribution in [0.4, 0.5) is 0 Å². The summed E-state index contributed by atoms with van der Waals surface area (Å²) in [4.78, 5) is 3.65. The van der Waals surface area contributed by atoms with Gasteiger partial charge in [0.05, 0.1) is 0 Å². The minimum Gasteiger partial charge on any atom is -0.354 e. The predicted molar refractivity (Wildman–Crippen MR) is 100 cm³/mol. The van der Waals surface area contributed by atoms with E-state index in [2.05, 4.69) is 43.1 Å². The Hall–Kier alpha value is -1.77. The molecule has 0 aliphatic heterocycles. The predicted octanol–water partition coefficient (Wildman–Crippen LogP) is 5.39. The van der Waals surface area contributed by atoms with Crippen molar-refractivity contribution in [2.45, 2.75) is 33.1 Å². The smallest absolute Gasteiger partial charge is 0.0497 e. The average molecular weight is 327 g/mol. The second-order valence-electron chi connectivity index (χ2n) is 6.24. The maximum Gasteiger partial charge on any atom is 0.0497 e. The SMILES string of the molecule is Cc1cc(C)c2[nH]c(-c3ccc(Cl)cc3)c(CCCCN)c2c1. The van der Waals surface area contributed by atoms with E-state index in [1.54, 1.807) is 0 Å². The van der Waals surface area contributed by atoms with Crippen LogP contribution in [0.15, 0.2) is 36.4 Å². The molecule has 3 N–H and O–H groups in total. The third-order valence-corrected chi connectivity index (χ3v) is 4.62. The average Bonchev–Trinajstić information content (AvgIpc) is 2.87. The molecule has 120 valence electrons. The minimum absolute atomic E-state index is 0.747. The molecule has 0 fully saturated rings. The number of aromatic nitrogens is 1. The summed E-state index contributed by atoms with van der Waals surface area (Å²) in [6, 6.07) is 12.6. The molecule has 0 aliphatic rings. The molecule has 3 rings (SSSR count). The highest BCUT2D eigenvalue weighted by Gasteiger charge is 2.14. The van der Waals surface area contributed by atoms with Crippen molar-refractivity contribution < 1.29 is 0 Å². The second-order valence-corrected chi connectivity index (χ2v) is 6.67. The van der Waals surface area contributed by atoms with E-state index in [4.69, 9.17) is 17.3 Å². The molecule has 0 spiro atoms. The lowest BCUT2D eigenvalue weighted by Crippen LogP contribution is -1.99. The number of hydrogen-bond acceptors (Lipinski definition) is 1. The molecule has 23 heavy (non-hydrogen) atoms. The van der Waals surface area contributed by atoms with Crippen molar-refractivity contribution in [2.75, 3.05) is 6.54 Å². The fourth-order valence-corrected chi connectivity index (χ4v) is 3.40. The van der Waals surface area contributed by atoms with E-state index in [1.165, 1.54) is 38.9 Å². The van der Waals surface area contributed by atoms with Gasteiger partial charge in [0.1, 0.15) is 0 Å². The first kappa shape index (κ1) is 16.1. The van der Waals surface area contributed by atoms with E-state index < -0.39 is 0 Å². The Labute approximate surface area is 142 Å². The lowest BCUT2D eigenvalue weighted by atomic mass is 9.98. The molecule has 0 saturated heterocycles. The number of rotatable bonds is 5. The summed E-state index contributed by atoms with van der Waals surface area (Å²) < 4.78 is 0. The molecule has 0 amide bonds. The van der Waals surface area contributed by atoms with Crippen LogP contribution in [0, 0.1) is 13.8 Å². The van der Waals surface area contributed by atoms with Crippen LogP contribution in [0.25, 0.3) is 22.2 Å². The van der Waals surface area contributed by atoms with Gasteiger partial charge in [0.2, 0.25) is 0 Å². The number of nitrogens with one attached hydrogen (secondary N) is 1. The van der Waals surface area contributed by atoms with E-state index in [9.17, 15) is 0 Å². The number of fused-ring (bicyclic) bond motifs is 1. The largest absolute Gasteiger partial charge is 0.354 e. The topological polar surface area (TPSA) is 41.8 Å². The van der Waals surface area contributed by atoms with Crippen molar-refractivity contribution in [3.8, 4) is 11.3 Å². The highest BCUT2D eigenvalue weighted by Crippen LogP contribution is 2.34. The van der Waals surface area contributed by atoms with E-state index >= 15 is 0 Å². The van der Waals surface area contributed by atoms with Gasteiger partial charge < -0.3 is 10.7 Å². The molecule has 3 heteroatoms. The summed E-state index contributed by atoms with van der Waals surface area (Å²) >= 11 is 6.04. The molecule has 1 heterocycles. The molecule has 2 aromatic carbocycles. The molecule has 0 bridgehead atoms. The van der Waals surface area contributed by atoms with E-state index in [-0.39, 0.29) is 0 Å². The first-order valence-corrected chi connectivity index (χ1v) is 8.55. The lowest BCUT2D eigenvalue weighted by Gasteiger charge is -2.06. The van der Waals surface area contributed by atoms with Gasteiger partial charge in [0.15, 0.2) is 0 Å². The molecule has 2 nitrogen and oxygen atoms in total. The summed E-state index contributed by atoms with van der Waals surface area (Å²) in [6.45, 7) is 5.07. The molecular weight excluding hydrogens is 304 g/mol. The van der Waals surface area contributed by atoms with Crippen LogP contribution < -0.4 is 5.73 Å². The molecule has 0 atom stereocenters. The molecule has 0 radical (unpaired) electrons. The molecule has 3 aromatic rings. The van der Waals surface area contributed by atoms with E-state index in [0.29, 0.717) is 0 Å². The quantitative estimate of drug-likeness (QED) is 0.607. The van der Waals surface area contributed by atoms with Crippen molar-refractivity contribution in [1.82, 2.24) is 4.98 Å². The molecule has 0 aliphatic carbocycles. The third-order valence-electron chi connectivity index (χ3n) is 4.37. The van der Waals surface area contributed by atoms with Gasteiger partial charge in [0, 0.05) is 21.6 Å². The zero-order valence-corrected chi connectivity index (χ0v) is 14.5. The van der Waals surface area contributed by atoms with Crippen LogP contribution >= 0.6 is 11.6 Å². The van der Waals surface area contributed by atoms with Gasteiger partial charge in [-0.3, -0.25) is 0 Å². The summed E-state index contributed by atoms with van der Waals surface area (Å²) in [6.07, 6.45) is 3.20. The number of aromatic amines is 1. The third kappa shape index (κ3) is 3.29. The van der Waals surface area contributed by atoms with Crippen molar-refractivity contribution in [3.05, 3.63) is 58.1 Å². The van der Waals surface area contributed by atoms with Gasteiger partial charge in [-0.2, -0.15) is 0 Å². The van der Waals surface area contributed by atoms with Crippen molar-refractivity contribution in [3.63, 3.8) is 0 Å². The van der Waals surface area contributed by atoms with Crippen LogP contribution in [0.5, 0.6) is 0 Å². The Bertz CT molecular complexity index is 816. The zero-order chi connectivity index (χ0) is 16.4. The van der Waals surface area contributed by atoms with Crippen LogP contribution in [0.1, 0.15) is 29.5 Å². The van der Waals surface area contributed by atoms with Gasteiger partial charge in [-0.05, 0) is 74.5 Å².